The lowest BCUT2D eigenvalue weighted by Gasteiger charge is -2.19. The molecular weight excluding hydrogens is 282 g/mol. The van der Waals surface area contributed by atoms with E-state index in [0.29, 0.717) is 6.04 Å². The third kappa shape index (κ3) is 4.31. The topological polar surface area (TPSA) is 37.8 Å². The Labute approximate surface area is 133 Å². The highest BCUT2D eigenvalue weighted by atomic mass is 35.5. The van der Waals surface area contributed by atoms with Crippen LogP contribution in [0.3, 0.4) is 0 Å². The van der Waals surface area contributed by atoms with Crippen molar-refractivity contribution in [2.24, 2.45) is 0 Å². The van der Waals surface area contributed by atoms with Crippen molar-refractivity contribution in [1.29, 1.82) is 0 Å². The number of benzene rings is 1. The second-order valence-electron chi connectivity index (χ2n) is 5.78. The number of fused-ring (bicyclic) bond motifs is 1. The maximum Gasteiger partial charge on any atom is 0.137 e. The molecule has 1 aliphatic carbocycles. The molecule has 0 saturated heterocycles. The summed E-state index contributed by atoms with van der Waals surface area (Å²) >= 11 is 0. The summed E-state index contributed by atoms with van der Waals surface area (Å²) in [4.78, 5) is 8.79. The van der Waals surface area contributed by atoms with Crippen molar-refractivity contribution in [1.82, 2.24) is 9.97 Å². The minimum absolute atomic E-state index is 0. The van der Waals surface area contributed by atoms with Crippen LogP contribution in [-0.4, -0.2) is 16.0 Å². The molecule has 0 aliphatic heterocycles. The number of nitrogens with one attached hydrogen (secondary N) is 1. The van der Waals surface area contributed by atoms with Gasteiger partial charge in [0.05, 0.1) is 5.52 Å². The van der Waals surface area contributed by atoms with Crippen LogP contribution in [0.25, 0.3) is 10.9 Å². The number of rotatable bonds is 2. The number of hydrogen-bond donors (Lipinski definition) is 1. The van der Waals surface area contributed by atoms with Crippen molar-refractivity contribution in [3.05, 3.63) is 30.6 Å². The van der Waals surface area contributed by atoms with Crippen LogP contribution in [-0.2, 0) is 0 Å². The standard InChI is InChI=1S/C17H23N3.ClH/c1-2-4-6-10-14(9-5-3-1)20-17-15-11-7-8-12-16(15)18-13-19-17;/h7-8,11-14H,1-6,9-10H2,(H,18,19,20);1H. The molecule has 1 heterocycles. The summed E-state index contributed by atoms with van der Waals surface area (Å²) in [5, 5.41) is 4.80. The fraction of sp³-hybridized carbons (Fsp3) is 0.529. The lowest BCUT2D eigenvalue weighted by Crippen LogP contribution is -2.20. The van der Waals surface area contributed by atoms with Crippen LogP contribution in [0.4, 0.5) is 5.82 Å². The summed E-state index contributed by atoms with van der Waals surface area (Å²) in [6.07, 6.45) is 12.4. The molecule has 0 radical (unpaired) electrons. The molecule has 1 aromatic carbocycles. The largest absolute Gasteiger partial charge is 0.367 e. The molecule has 3 rings (SSSR count). The van der Waals surface area contributed by atoms with Gasteiger partial charge in [0.1, 0.15) is 12.1 Å². The van der Waals surface area contributed by atoms with Crippen molar-refractivity contribution in [3.63, 3.8) is 0 Å². The van der Waals surface area contributed by atoms with E-state index < -0.39 is 0 Å². The molecule has 4 heteroatoms. The van der Waals surface area contributed by atoms with Gasteiger partial charge in [0.25, 0.3) is 0 Å². The maximum atomic E-state index is 4.46. The lowest BCUT2D eigenvalue weighted by molar-refractivity contribution is 0.562. The van der Waals surface area contributed by atoms with E-state index in [-0.39, 0.29) is 12.4 Å². The van der Waals surface area contributed by atoms with E-state index >= 15 is 0 Å². The van der Waals surface area contributed by atoms with Gasteiger partial charge in [-0.15, -0.1) is 12.4 Å². The Hall–Kier alpha value is -1.35. The third-order valence-corrected chi connectivity index (χ3v) is 4.24. The molecule has 1 aliphatic rings. The van der Waals surface area contributed by atoms with Crippen LogP contribution in [0.15, 0.2) is 30.6 Å². The number of para-hydroxylation sites is 1. The van der Waals surface area contributed by atoms with E-state index in [2.05, 4.69) is 27.4 Å². The number of anilines is 1. The van der Waals surface area contributed by atoms with Crippen LogP contribution in [0, 0.1) is 0 Å². The number of aromatic nitrogens is 2. The summed E-state index contributed by atoms with van der Waals surface area (Å²) < 4.78 is 0. The van der Waals surface area contributed by atoms with E-state index in [0.717, 1.165) is 16.7 Å². The van der Waals surface area contributed by atoms with Crippen LogP contribution in [0.1, 0.15) is 51.4 Å². The maximum absolute atomic E-state index is 4.46. The predicted octanol–water partition coefficient (Wildman–Crippen LogP) is 4.97. The molecule has 0 unspecified atom stereocenters. The number of hydrogen-bond acceptors (Lipinski definition) is 3. The average molecular weight is 306 g/mol. The van der Waals surface area contributed by atoms with E-state index in [1.807, 2.05) is 12.1 Å². The smallest absolute Gasteiger partial charge is 0.137 e. The molecule has 1 N–H and O–H groups in total. The van der Waals surface area contributed by atoms with Gasteiger partial charge in [0.2, 0.25) is 0 Å². The van der Waals surface area contributed by atoms with Crippen molar-refractivity contribution in [2.75, 3.05) is 5.32 Å². The minimum Gasteiger partial charge on any atom is -0.367 e. The molecule has 1 fully saturated rings. The molecule has 1 saturated carbocycles. The zero-order chi connectivity index (χ0) is 13.6. The molecule has 1 aromatic heterocycles. The Balaban J connectivity index is 0.00000161. The highest BCUT2D eigenvalue weighted by molar-refractivity contribution is 5.88. The van der Waals surface area contributed by atoms with Crippen molar-refractivity contribution in [3.8, 4) is 0 Å². The molecule has 114 valence electrons. The predicted molar refractivity (Wildman–Crippen MR) is 91.1 cm³/mol. The normalized spacial score (nSPS) is 17.3. The average Bonchev–Trinajstić information content (AvgIpc) is 2.62. The number of nitrogens with zero attached hydrogens (tertiary/aromatic N) is 2. The molecule has 2 aromatic rings. The quantitative estimate of drug-likeness (QED) is 0.851. The summed E-state index contributed by atoms with van der Waals surface area (Å²) in [6.45, 7) is 0. The first-order chi connectivity index (χ1) is 9.93. The van der Waals surface area contributed by atoms with E-state index in [9.17, 15) is 0 Å². The first-order valence-corrected chi connectivity index (χ1v) is 7.90. The Kier molecular flexibility index (Phi) is 6.24. The Morgan fingerprint density at radius 2 is 1.52 bits per heavy atom. The zero-order valence-electron chi connectivity index (χ0n) is 12.4. The molecule has 3 nitrogen and oxygen atoms in total. The SMILES string of the molecule is Cl.c1ccc2c(NC3CCCCCCCC3)ncnc2c1. The van der Waals surface area contributed by atoms with Gasteiger partial charge in [-0.1, -0.05) is 50.7 Å². The van der Waals surface area contributed by atoms with Crippen LogP contribution >= 0.6 is 12.4 Å². The summed E-state index contributed by atoms with van der Waals surface area (Å²) in [7, 11) is 0. The Morgan fingerprint density at radius 1 is 0.857 bits per heavy atom. The summed E-state index contributed by atoms with van der Waals surface area (Å²) in [5.41, 5.74) is 1.02. The zero-order valence-corrected chi connectivity index (χ0v) is 13.2. The van der Waals surface area contributed by atoms with Crippen LogP contribution < -0.4 is 5.32 Å². The van der Waals surface area contributed by atoms with E-state index in [1.54, 1.807) is 6.33 Å². The minimum atomic E-state index is 0. The summed E-state index contributed by atoms with van der Waals surface area (Å²) in [6, 6.07) is 8.79. The van der Waals surface area contributed by atoms with Crippen LogP contribution in [0.5, 0.6) is 0 Å². The third-order valence-electron chi connectivity index (χ3n) is 4.24. The highest BCUT2D eigenvalue weighted by Gasteiger charge is 2.12. The van der Waals surface area contributed by atoms with Gasteiger partial charge in [-0.25, -0.2) is 9.97 Å². The van der Waals surface area contributed by atoms with E-state index in [4.69, 9.17) is 0 Å². The molecular formula is C17H24ClN3. The molecule has 0 amide bonds. The first kappa shape index (κ1) is 16.0. The van der Waals surface area contributed by atoms with Gasteiger partial charge in [0.15, 0.2) is 0 Å². The van der Waals surface area contributed by atoms with Gasteiger partial charge in [0, 0.05) is 11.4 Å². The highest BCUT2D eigenvalue weighted by Crippen LogP contribution is 2.23. The Morgan fingerprint density at radius 3 is 2.29 bits per heavy atom. The number of halogens is 1. The Bertz CT molecular complexity index is 543. The summed E-state index contributed by atoms with van der Waals surface area (Å²) in [5.74, 6) is 1.000. The van der Waals surface area contributed by atoms with Gasteiger partial charge in [-0.3, -0.25) is 0 Å². The van der Waals surface area contributed by atoms with Crippen LogP contribution in [0.2, 0.25) is 0 Å². The van der Waals surface area contributed by atoms with Gasteiger partial charge < -0.3 is 5.32 Å². The second-order valence-corrected chi connectivity index (χ2v) is 5.78. The van der Waals surface area contributed by atoms with Crippen molar-refractivity contribution in [2.45, 2.75) is 57.4 Å². The molecule has 21 heavy (non-hydrogen) atoms. The molecule has 0 spiro atoms. The first-order valence-electron chi connectivity index (χ1n) is 7.90. The fourth-order valence-corrected chi connectivity index (χ4v) is 3.09. The van der Waals surface area contributed by atoms with Crippen molar-refractivity contribution < 1.29 is 0 Å². The second kappa shape index (κ2) is 8.18. The fourth-order valence-electron chi connectivity index (χ4n) is 3.09. The lowest BCUT2D eigenvalue weighted by atomic mass is 10.0. The molecule has 0 bridgehead atoms. The van der Waals surface area contributed by atoms with Gasteiger partial charge in [-0.2, -0.15) is 0 Å². The monoisotopic (exact) mass is 305 g/mol. The van der Waals surface area contributed by atoms with Crippen molar-refractivity contribution >= 4 is 29.1 Å². The van der Waals surface area contributed by atoms with Gasteiger partial charge >= 0.3 is 0 Å². The van der Waals surface area contributed by atoms with E-state index in [1.165, 1.54) is 51.4 Å². The van der Waals surface area contributed by atoms with Gasteiger partial charge in [-0.05, 0) is 25.0 Å². The molecule has 0 atom stereocenters.